The summed E-state index contributed by atoms with van der Waals surface area (Å²) >= 11 is 0. The number of benzene rings is 2. The van der Waals surface area contributed by atoms with E-state index >= 15 is 0 Å². The molecule has 0 fully saturated rings. The van der Waals surface area contributed by atoms with Gasteiger partial charge in [0.1, 0.15) is 0 Å². The van der Waals surface area contributed by atoms with Gasteiger partial charge in [-0.15, -0.1) is 0 Å². The minimum atomic E-state index is 0.623. The van der Waals surface area contributed by atoms with Gasteiger partial charge in [-0.2, -0.15) is 0 Å². The number of anilines is 1. The Labute approximate surface area is 131 Å². The SMILES string of the molecule is COc1ccc(-c2ccc3c(c2)CCCN3)c(OC)c1OC. The summed E-state index contributed by atoms with van der Waals surface area (Å²) in [5, 5.41) is 3.43. The zero-order valence-corrected chi connectivity index (χ0v) is 13.2. The Kier molecular flexibility index (Phi) is 4.09. The Morgan fingerprint density at radius 1 is 0.909 bits per heavy atom. The maximum atomic E-state index is 5.59. The first-order valence-corrected chi connectivity index (χ1v) is 7.44. The van der Waals surface area contributed by atoms with Gasteiger partial charge in [0, 0.05) is 17.8 Å². The highest BCUT2D eigenvalue weighted by atomic mass is 16.5. The van der Waals surface area contributed by atoms with Gasteiger partial charge < -0.3 is 19.5 Å². The summed E-state index contributed by atoms with van der Waals surface area (Å²) in [6.45, 7) is 1.05. The van der Waals surface area contributed by atoms with Crippen molar-refractivity contribution in [1.29, 1.82) is 0 Å². The number of rotatable bonds is 4. The van der Waals surface area contributed by atoms with Crippen LogP contribution >= 0.6 is 0 Å². The molecule has 0 saturated heterocycles. The second-order valence-corrected chi connectivity index (χ2v) is 5.28. The number of hydrogen-bond acceptors (Lipinski definition) is 4. The van der Waals surface area contributed by atoms with Gasteiger partial charge in [-0.25, -0.2) is 0 Å². The van der Waals surface area contributed by atoms with Crippen molar-refractivity contribution in [3.8, 4) is 28.4 Å². The highest BCUT2D eigenvalue weighted by Gasteiger charge is 2.18. The molecule has 116 valence electrons. The molecule has 2 aromatic rings. The Morgan fingerprint density at radius 3 is 2.45 bits per heavy atom. The van der Waals surface area contributed by atoms with Crippen LogP contribution in [0.5, 0.6) is 17.2 Å². The Morgan fingerprint density at radius 2 is 1.73 bits per heavy atom. The molecule has 1 heterocycles. The molecule has 4 nitrogen and oxygen atoms in total. The summed E-state index contributed by atoms with van der Waals surface area (Å²) in [5.74, 6) is 1.99. The standard InChI is InChI=1S/C18H21NO3/c1-20-16-9-7-14(17(21-2)18(16)22-3)12-6-8-15-13(11-12)5-4-10-19-15/h6-9,11,19H,4-5,10H2,1-3H3. The number of hydrogen-bond donors (Lipinski definition) is 1. The van der Waals surface area contributed by atoms with Crippen molar-refractivity contribution in [2.24, 2.45) is 0 Å². The summed E-state index contributed by atoms with van der Waals surface area (Å²) in [5.41, 5.74) is 4.71. The van der Waals surface area contributed by atoms with Crippen molar-refractivity contribution in [2.45, 2.75) is 12.8 Å². The molecule has 0 amide bonds. The van der Waals surface area contributed by atoms with Gasteiger partial charge >= 0.3 is 0 Å². The topological polar surface area (TPSA) is 39.7 Å². The van der Waals surface area contributed by atoms with Crippen LogP contribution in [-0.4, -0.2) is 27.9 Å². The van der Waals surface area contributed by atoms with Crippen LogP contribution in [0.15, 0.2) is 30.3 Å². The lowest BCUT2D eigenvalue weighted by atomic mass is 9.96. The van der Waals surface area contributed by atoms with Gasteiger partial charge in [0.25, 0.3) is 0 Å². The second-order valence-electron chi connectivity index (χ2n) is 5.28. The third kappa shape index (κ3) is 2.45. The third-order valence-corrected chi connectivity index (χ3v) is 4.06. The number of methoxy groups -OCH3 is 3. The lowest BCUT2D eigenvalue weighted by Gasteiger charge is -2.20. The molecule has 0 bridgehead atoms. The summed E-state index contributed by atoms with van der Waals surface area (Å²) in [4.78, 5) is 0. The van der Waals surface area contributed by atoms with E-state index in [4.69, 9.17) is 14.2 Å². The molecule has 22 heavy (non-hydrogen) atoms. The van der Waals surface area contributed by atoms with E-state index in [-0.39, 0.29) is 0 Å². The highest BCUT2D eigenvalue weighted by Crippen LogP contribution is 2.44. The zero-order valence-electron chi connectivity index (χ0n) is 13.2. The van der Waals surface area contributed by atoms with Gasteiger partial charge in [0.2, 0.25) is 5.75 Å². The monoisotopic (exact) mass is 299 g/mol. The molecule has 0 atom stereocenters. The Balaban J connectivity index is 2.11. The van der Waals surface area contributed by atoms with Crippen LogP contribution in [0.25, 0.3) is 11.1 Å². The maximum absolute atomic E-state index is 5.59. The molecule has 1 N–H and O–H groups in total. The molecule has 0 aromatic heterocycles. The quantitative estimate of drug-likeness (QED) is 0.933. The van der Waals surface area contributed by atoms with E-state index in [9.17, 15) is 0 Å². The fourth-order valence-electron chi connectivity index (χ4n) is 2.97. The lowest BCUT2D eigenvalue weighted by Crippen LogP contribution is -2.11. The summed E-state index contributed by atoms with van der Waals surface area (Å²) in [7, 11) is 4.91. The largest absolute Gasteiger partial charge is 0.493 e. The number of fused-ring (bicyclic) bond motifs is 1. The average Bonchev–Trinajstić information content (AvgIpc) is 2.59. The first-order chi connectivity index (χ1) is 10.8. The van der Waals surface area contributed by atoms with Crippen LogP contribution in [0, 0.1) is 0 Å². The Bertz CT molecular complexity index is 682. The van der Waals surface area contributed by atoms with E-state index in [0.717, 1.165) is 24.1 Å². The van der Waals surface area contributed by atoms with Crippen LogP contribution in [0.3, 0.4) is 0 Å². The van der Waals surface area contributed by atoms with Crippen molar-refractivity contribution in [3.63, 3.8) is 0 Å². The van der Waals surface area contributed by atoms with Crippen LogP contribution in [0.2, 0.25) is 0 Å². The zero-order chi connectivity index (χ0) is 15.5. The lowest BCUT2D eigenvalue weighted by molar-refractivity contribution is 0.325. The van der Waals surface area contributed by atoms with Crippen molar-refractivity contribution in [3.05, 3.63) is 35.9 Å². The molecule has 2 aromatic carbocycles. The number of ether oxygens (including phenoxy) is 3. The molecule has 0 saturated carbocycles. The van der Waals surface area contributed by atoms with E-state index < -0.39 is 0 Å². The first kappa shape index (κ1) is 14.6. The van der Waals surface area contributed by atoms with Crippen molar-refractivity contribution in [2.75, 3.05) is 33.2 Å². The molecule has 1 aliphatic rings. The minimum absolute atomic E-state index is 0.623. The van der Waals surface area contributed by atoms with E-state index in [1.54, 1.807) is 21.3 Å². The van der Waals surface area contributed by atoms with E-state index in [1.807, 2.05) is 12.1 Å². The minimum Gasteiger partial charge on any atom is -0.493 e. The van der Waals surface area contributed by atoms with E-state index in [0.29, 0.717) is 17.2 Å². The molecular weight excluding hydrogens is 278 g/mol. The third-order valence-electron chi connectivity index (χ3n) is 4.06. The molecular formula is C18H21NO3. The first-order valence-electron chi connectivity index (χ1n) is 7.44. The van der Waals surface area contributed by atoms with Crippen LogP contribution in [-0.2, 0) is 6.42 Å². The average molecular weight is 299 g/mol. The van der Waals surface area contributed by atoms with Crippen molar-refractivity contribution < 1.29 is 14.2 Å². The fraction of sp³-hybridized carbons (Fsp3) is 0.333. The van der Waals surface area contributed by atoms with E-state index in [2.05, 4.69) is 23.5 Å². The van der Waals surface area contributed by atoms with Gasteiger partial charge in [-0.05, 0) is 48.2 Å². The predicted octanol–water partition coefficient (Wildman–Crippen LogP) is 3.74. The Hall–Kier alpha value is -2.36. The molecule has 0 radical (unpaired) electrons. The number of aryl methyl sites for hydroxylation is 1. The van der Waals surface area contributed by atoms with Gasteiger partial charge in [0.15, 0.2) is 11.5 Å². The highest BCUT2D eigenvalue weighted by molar-refractivity contribution is 5.78. The summed E-state index contributed by atoms with van der Waals surface area (Å²) in [6.07, 6.45) is 2.27. The van der Waals surface area contributed by atoms with Gasteiger partial charge in [-0.3, -0.25) is 0 Å². The normalized spacial score (nSPS) is 13.0. The van der Waals surface area contributed by atoms with Crippen LogP contribution < -0.4 is 19.5 Å². The molecule has 0 spiro atoms. The van der Waals surface area contributed by atoms with E-state index in [1.165, 1.54) is 17.7 Å². The van der Waals surface area contributed by atoms with Crippen LogP contribution in [0.4, 0.5) is 5.69 Å². The fourth-order valence-corrected chi connectivity index (χ4v) is 2.97. The second kappa shape index (κ2) is 6.18. The van der Waals surface area contributed by atoms with Crippen LogP contribution in [0.1, 0.15) is 12.0 Å². The van der Waals surface area contributed by atoms with Gasteiger partial charge in [-0.1, -0.05) is 6.07 Å². The maximum Gasteiger partial charge on any atom is 0.203 e. The molecule has 0 aliphatic carbocycles. The summed E-state index contributed by atoms with van der Waals surface area (Å²) in [6, 6.07) is 10.4. The van der Waals surface area contributed by atoms with Crippen molar-refractivity contribution >= 4 is 5.69 Å². The number of nitrogens with one attached hydrogen (secondary N) is 1. The molecule has 3 rings (SSSR count). The van der Waals surface area contributed by atoms with Crippen molar-refractivity contribution in [1.82, 2.24) is 0 Å². The molecule has 0 unspecified atom stereocenters. The van der Waals surface area contributed by atoms with Gasteiger partial charge in [0.05, 0.1) is 21.3 Å². The molecule has 4 heteroatoms. The molecule has 1 aliphatic heterocycles. The predicted molar refractivity (Wildman–Crippen MR) is 88.3 cm³/mol. The smallest absolute Gasteiger partial charge is 0.203 e. The summed E-state index contributed by atoms with van der Waals surface area (Å²) < 4.78 is 16.4.